The minimum Gasteiger partial charge on any atom is -0.493 e. The zero-order chi connectivity index (χ0) is 21.3. The number of carbonyl (C=O) groups is 1. The van der Waals surface area contributed by atoms with E-state index in [1.165, 1.54) is 7.11 Å². The summed E-state index contributed by atoms with van der Waals surface area (Å²) in [4.78, 5) is 25.1. The lowest BCUT2D eigenvalue weighted by Crippen LogP contribution is -2.20. The molecule has 0 aliphatic carbocycles. The molecule has 0 unspecified atom stereocenters. The topological polar surface area (TPSA) is 77.8 Å². The van der Waals surface area contributed by atoms with Gasteiger partial charge >= 0.3 is 0 Å². The van der Waals surface area contributed by atoms with Crippen molar-refractivity contribution in [3.05, 3.63) is 75.9 Å². The fourth-order valence-electron chi connectivity index (χ4n) is 3.31. The Kier molecular flexibility index (Phi) is 5.14. The van der Waals surface area contributed by atoms with Gasteiger partial charge in [0, 0.05) is 11.8 Å². The second-order valence-corrected chi connectivity index (χ2v) is 7.01. The van der Waals surface area contributed by atoms with Gasteiger partial charge in [0.15, 0.2) is 17.9 Å². The highest BCUT2D eigenvalue weighted by molar-refractivity contribution is 5.96. The molecule has 4 aromatic rings. The van der Waals surface area contributed by atoms with Crippen molar-refractivity contribution in [3.63, 3.8) is 0 Å². The second-order valence-electron chi connectivity index (χ2n) is 7.01. The van der Waals surface area contributed by atoms with Crippen LogP contribution < -0.4 is 20.2 Å². The number of anilines is 1. The van der Waals surface area contributed by atoms with Crippen molar-refractivity contribution in [2.45, 2.75) is 13.8 Å². The van der Waals surface area contributed by atoms with Crippen LogP contribution in [0.1, 0.15) is 11.1 Å². The second kappa shape index (κ2) is 7.91. The van der Waals surface area contributed by atoms with Gasteiger partial charge in [0.2, 0.25) is 5.43 Å². The van der Waals surface area contributed by atoms with Gasteiger partial charge in [-0.1, -0.05) is 18.2 Å². The van der Waals surface area contributed by atoms with Crippen molar-refractivity contribution in [2.75, 3.05) is 19.0 Å². The number of benzene rings is 3. The third-order valence-electron chi connectivity index (χ3n) is 5.08. The molecule has 30 heavy (non-hydrogen) atoms. The molecule has 1 amide bonds. The van der Waals surface area contributed by atoms with Crippen LogP contribution in [-0.4, -0.2) is 19.6 Å². The highest BCUT2D eigenvalue weighted by Gasteiger charge is 2.13. The summed E-state index contributed by atoms with van der Waals surface area (Å²) < 4.78 is 16.9. The van der Waals surface area contributed by atoms with Gasteiger partial charge in [-0.15, -0.1) is 0 Å². The zero-order valence-corrected chi connectivity index (χ0v) is 16.9. The molecule has 152 valence electrons. The van der Waals surface area contributed by atoms with Crippen molar-refractivity contribution < 1.29 is 18.7 Å². The first kappa shape index (κ1) is 19.5. The maximum absolute atomic E-state index is 12.8. The Hall–Kier alpha value is -3.80. The SMILES string of the molecule is COc1cccc2c(=O)c3ccc(NC(=O)COc4cccc(C)c4C)cc3oc12. The molecular formula is C24H21NO5. The first-order valence-corrected chi connectivity index (χ1v) is 9.50. The lowest BCUT2D eigenvalue weighted by Gasteiger charge is -2.11. The molecule has 0 bridgehead atoms. The number of hydrogen-bond acceptors (Lipinski definition) is 5. The van der Waals surface area contributed by atoms with E-state index >= 15 is 0 Å². The molecule has 1 heterocycles. The number of nitrogens with one attached hydrogen (secondary N) is 1. The fourth-order valence-corrected chi connectivity index (χ4v) is 3.31. The maximum Gasteiger partial charge on any atom is 0.262 e. The van der Waals surface area contributed by atoms with Crippen LogP contribution in [0, 0.1) is 13.8 Å². The molecule has 6 nitrogen and oxygen atoms in total. The van der Waals surface area contributed by atoms with Gasteiger partial charge in [-0.3, -0.25) is 9.59 Å². The average Bonchev–Trinajstić information content (AvgIpc) is 2.74. The standard InChI is InChI=1S/C24H21NO5/c1-14-6-4-8-19(15(14)2)29-13-22(26)25-16-10-11-17-21(12-16)30-24-18(23(17)27)7-5-9-20(24)28-3/h4-12H,13H2,1-3H3,(H,25,26). The molecule has 4 rings (SSSR count). The van der Waals surface area contributed by atoms with Crippen molar-refractivity contribution >= 4 is 33.5 Å². The summed E-state index contributed by atoms with van der Waals surface area (Å²) in [5.74, 6) is 0.840. The zero-order valence-electron chi connectivity index (χ0n) is 16.9. The Balaban J connectivity index is 1.58. The van der Waals surface area contributed by atoms with Crippen LogP contribution in [0.15, 0.2) is 63.8 Å². The van der Waals surface area contributed by atoms with E-state index < -0.39 is 0 Å². The van der Waals surface area contributed by atoms with Gasteiger partial charge in [-0.25, -0.2) is 0 Å². The Morgan fingerprint density at radius 2 is 1.77 bits per heavy atom. The number of amides is 1. The molecule has 0 aliphatic rings. The lowest BCUT2D eigenvalue weighted by molar-refractivity contribution is -0.118. The number of fused-ring (bicyclic) bond motifs is 2. The number of ether oxygens (including phenoxy) is 2. The van der Waals surface area contributed by atoms with E-state index in [0.717, 1.165) is 11.1 Å². The molecular weight excluding hydrogens is 382 g/mol. The number of carbonyl (C=O) groups excluding carboxylic acids is 1. The highest BCUT2D eigenvalue weighted by Crippen LogP contribution is 2.28. The molecule has 6 heteroatoms. The largest absolute Gasteiger partial charge is 0.493 e. The van der Waals surface area contributed by atoms with Gasteiger partial charge in [0.05, 0.1) is 17.9 Å². The van der Waals surface area contributed by atoms with Gasteiger partial charge in [-0.2, -0.15) is 0 Å². The van der Waals surface area contributed by atoms with Crippen LogP contribution in [0.5, 0.6) is 11.5 Å². The first-order valence-electron chi connectivity index (χ1n) is 9.50. The third-order valence-corrected chi connectivity index (χ3v) is 5.08. The van der Waals surface area contributed by atoms with Gasteiger partial charge in [0.1, 0.15) is 11.3 Å². The molecule has 0 saturated carbocycles. The smallest absolute Gasteiger partial charge is 0.262 e. The van der Waals surface area contributed by atoms with E-state index in [2.05, 4.69) is 5.32 Å². The minimum atomic E-state index is -0.309. The molecule has 0 radical (unpaired) electrons. The molecule has 1 aromatic heterocycles. The quantitative estimate of drug-likeness (QED) is 0.493. The Bertz CT molecular complexity index is 1320. The molecule has 0 saturated heterocycles. The Labute approximate surface area is 173 Å². The van der Waals surface area contributed by atoms with Crippen molar-refractivity contribution in [1.29, 1.82) is 0 Å². The number of aryl methyl sites for hydroxylation is 1. The summed E-state index contributed by atoms with van der Waals surface area (Å²) in [6, 6.07) is 15.8. The van der Waals surface area contributed by atoms with Gasteiger partial charge in [-0.05, 0) is 55.3 Å². The summed E-state index contributed by atoms with van der Waals surface area (Å²) in [6.07, 6.45) is 0. The number of rotatable bonds is 5. The van der Waals surface area contributed by atoms with E-state index in [-0.39, 0.29) is 17.9 Å². The third kappa shape index (κ3) is 3.59. The van der Waals surface area contributed by atoms with Crippen molar-refractivity contribution in [3.8, 4) is 11.5 Å². The van der Waals surface area contributed by atoms with E-state index in [4.69, 9.17) is 13.9 Å². The average molecular weight is 403 g/mol. The van der Waals surface area contributed by atoms with Crippen LogP contribution in [0.25, 0.3) is 21.9 Å². The van der Waals surface area contributed by atoms with E-state index in [1.54, 1.807) is 36.4 Å². The molecule has 1 N–H and O–H groups in total. The predicted octanol–water partition coefficient (Wildman–Crippen LogP) is 4.59. The molecule has 0 atom stereocenters. The normalized spacial score (nSPS) is 10.9. The van der Waals surface area contributed by atoms with Crippen LogP contribution in [0.2, 0.25) is 0 Å². The Morgan fingerprint density at radius 1 is 1.00 bits per heavy atom. The van der Waals surface area contributed by atoms with Crippen LogP contribution in [0.3, 0.4) is 0 Å². The van der Waals surface area contributed by atoms with E-state index in [0.29, 0.717) is 39.1 Å². The minimum absolute atomic E-state index is 0.127. The van der Waals surface area contributed by atoms with Crippen molar-refractivity contribution in [2.24, 2.45) is 0 Å². The summed E-state index contributed by atoms with van der Waals surface area (Å²) in [5.41, 5.74) is 3.19. The number of methoxy groups -OCH3 is 1. The van der Waals surface area contributed by atoms with Crippen molar-refractivity contribution in [1.82, 2.24) is 0 Å². The van der Waals surface area contributed by atoms with Gasteiger partial charge in [0.25, 0.3) is 5.91 Å². The monoisotopic (exact) mass is 403 g/mol. The summed E-state index contributed by atoms with van der Waals surface area (Å²) in [5, 5.41) is 3.65. The fraction of sp³-hybridized carbons (Fsp3) is 0.167. The first-order chi connectivity index (χ1) is 14.5. The van der Waals surface area contributed by atoms with Crippen LogP contribution in [0.4, 0.5) is 5.69 Å². The molecule has 3 aromatic carbocycles. The van der Waals surface area contributed by atoms with Gasteiger partial charge < -0.3 is 19.2 Å². The molecule has 0 aliphatic heterocycles. The summed E-state index contributed by atoms with van der Waals surface area (Å²) >= 11 is 0. The van der Waals surface area contributed by atoms with E-state index in [9.17, 15) is 9.59 Å². The van der Waals surface area contributed by atoms with Crippen LogP contribution in [-0.2, 0) is 4.79 Å². The lowest BCUT2D eigenvalue weighted by atomic mass is 10.1. The molecule has 0 fully saturated rings. The predicted molar refractivity (Wildman–Crippen MR) is 117 cm³/mol. The van der Waals surface area contributed by atoms with Crippen LogP contribution >= 0.6 is 0 Å². The maximum atomic E-state index is 12.8. The number of hydrogen-bond donors (Lipinski definition) is 1. The van der Waals surface area contributed by atoms with E-state index in [1.807, 2.05) is 32.0 Å². The summed E-state index contributed by atoms with van der Waals surface area (Å²) in [6.45, 7) is 3.81. The molecule has 0 spiro atoms. The summed E-state index contributed by atoms with van der Waals surface area (Å²) in [7, 11) is 1.52. The Morgan fingerprint density at radius 3 is 2.57 bits per heavy atom. The highest BCUT2D eigenvalue weighted by atomic mass is 16.5. The number of para-hydroxylation sites is 1.